The van der Waals surface area contributed by atoms with Gasteiger partial charge in [-0.2, -0.15) is 0 Å². The molecule has 0 radical (unpaired) electrons. The van der Waals surface area contributed by atoms with Gasteiger partial charge in [0.2, 0.25) is 11.8 Å². The average Bonchev–Trinajstić information content (AvgIpc) is 2.18. The number of amides is 2. The maximum atomic E-state index is 10.9. The van der Waals surface area contributed by atoms with Crippen molar-refractivity contribution in [3.05, 3.63) is 25.6 Å². The molecule has 2 amide bonds. The second-order valence-corrected chi connectivity index (χ2v) is 2.66. The lowest BCUT2D eigenvalue weighted by atomic mass is 10.4. The third-order valence-electron chi connectivity index (χ3n) is 1.47. The summed E-state index contributed by atoms with van der Waals surface area (Å²) in [5.74, 6) is -0.305. The predicted molar refractivity (Wildman–Crippen MR) is 56.7 cm³/mol. The Kier molecular flexibility index (Phi) is 7.99. The summed E-state index contributed by atoms with van der Waals surface area (Å²) in [7, 11) is 0. The van der Waals surface area contributed by atoms with Gasteiger partial charge >= 0.3 is 0 Å². The fourth-order valence-electron chi connectivity index (χ4n) is 0.804. The van der Waals surface area contributed by atoms with Crippen molar-refractivity contribution in [3.8, 4) is 0 Å². The van der Waals surface area contributed by atoms with Gasteiger partial charge in [0.15, 0.2) is 0 Å². The summed E-state index contributed by atoms with van der Waals surface area (Å²) < 4.78 is 5.08. The third kappa shape index (κ3) is 8.70. The molecule has 5 nitrogen and oxygen atoms in total. The van der Waals surface area contributed by atoms with Crippen LogP contribution in [0, 0.1) is 0 Å². The smallest absolute Gasteiger partial charge is 0.226 e. The summed E-state index contributed by atoms with van der Waals surface area (Å²) in [4.78, 5) is 21.8. The second kappa shape index (κ2) is 8.96. The lowest BCUT2D eigenvalue weighted by Crippen LogP contribution is -2.20. The third-order valence-corrected chi connectivity index (χ3v) is 1.47. The van der Waals surface area contributed by atoms with Crippen LogP contribution >= 0.6 is 0 Å². The molecule has 0 saturated carbocycles. The largest absolute Gasteiger partial charge is 0.380 e. The van der Waals surface area contributed by atoms with E-state index >= 15 is 0 Å². The van der Waals surface area contributed by atoms with Gasteiger partial charge in [0.25, 0.3) is 0 Å². The molecule has 0 rings (SSSR count). The Morgan fingerprint density at radius 1 is 1.00 bits per heavy atom. The van der Waals surface area contributed by atoms with Gasteiger partial charge in [0.05, 0.1) is 26.1 Å². The zero-order valence-corrected chi connectivity index (χ0v) is 8.62. The minimum atomic E-state index is -0.152. The van der Waals surface area contributed by atoms with Crippen LogP contribution in [0.4, 0.5) is 0 Å². The first-order valence-electron chi connectivity index (χ1n) is 4.59. The molecule has 0 atom stereocenters. The summed E-state index contributed by atoms with van der Waals surface area (Å²) in [5.41, 5.74) is 0. The van der Waals surface area contributed by atoms with E-state index in [2.05, 4.69) is 23.8 Å². The molecule has 15 heavy (non-hydrogen) atoms. The summed E-state index contributed by atoms with van der Waals surface area (Å²) in [5, 5.41) is 4.84. The zero-order valence-electron chi connectivity index (χ0n) is 8.62. The van der Waals surface area contributed by atoms with Crippen LogP contribution in [0.5, 0.6) is 0 Å². The lowest BCUT2D eigenvalue weighted by Gasteiger charge is -2.03. The number of nitrogens with one attached hydrogen (secondary N) is 2. The SMILES string of the molecule is C=CNC(=O)CCOCCC(=O)NC=C. The van der Waals surface area contributed by atoms with Crippen LogP contribution in [0.3, 0.4) is 0 Å². The van der Waals surface area contributed by atoms with Gasteiger partial charge < -0.3 is 15.4 Å². The van der Waals surface area contributed by atoms with E-state index in [1.807, 2.05) is 0 Å². The molecule has 2 N–H and O–H groups in total. The molecule has 0 saturated heterocycles. The lowest BCUT2D eigenvalue weighted by molar-refractivity contribution is -0.121. The van der Waals surface area contributed by atoms with Gasteiger partial charge in [0.1, 0.15) is 0 Å². The molecule has 0 aliphatic heterocycles. The van der Waals surface area contributed by atoms with Crippen molar-refractivity contribution < 1.29 is 14.3 Å². The van der Waals surface area contributed by atoms with Gasteiger partial charge in [0, 0.05) is 0 Å². The average molecular weight is 212 g/mol. The summed E-state index contributed by atoms with van der Waals surface area (Å²) in [6.07, 6.45) is 3.16. The molecule has 0 aromatic carbocycles. The van der Waals surface area contributed by atoms with Crippen LogP contribution in [0.2, 0.25) is 0 Å². The van der Waals surface area contributed by atoms with E-state index in [1.165, 1.54) is 12.4 Å². The molecule has 0 heterocycles. The van der Waals surface area contributed by atoms with Gasteiger partial charge in [-0.15, -0.1) is 0 Å². The molecule has 84 valence electrons. The Balaban J connectivity index is 3.31. The van der Waals surface area contributed by atoms with E-state index in [-0.39, 0.29) is 24.7 Å². The van der Waals surface area contributed by atoms with E-state index in [0.717, 1.165) is 0 Å². The Bertz CT molecular complexity index is 215. The number of carbonyl (C=O) groups is 2. The van der Waals surface area contributed by atoms with Crippen molar-refractivity contribution in [3.63, 3.8) is 0 Å². The van der Waals surface area contributed by atoms with Crippen molar-refractivity contribution in [1.82, 2.24) is 10.6 Å². The Labute approximate surface area is 89.2 Å². The normalized spacial score (nSPS) is 9.07. The highest BCUT2D eigenvalue weighted by molar-refractivity contribution is 5.77. The topological polar surface area (TPSA) is 67.4 Å². The molecular weight excluding hydrogens is 196 g/mol. The molecule has 0 aromatic heterocycles. The van der Waals surface area contributed by atoms with Gasteiger partial charge in [-0.3, -0.25) is 9.59 Å². The molecule has 0 fully saturated rings. The first kappa shape index (κ1) is 13.4. The van der Waals surface area contributed by atoms with Crippen molar-refractivity contribution in [2.45, 2.75) is 12.8 Å². The maximum absolute atomic E-state index is 10.9. The molecule has 5 heteroatoms. The fraction of sp³-hybridized carbons (Fsp3) is 0.400. The van der Waals surface area contributed by atoms with E-state index < -0.39 is 0 Å². The van der Waals surface area contributed by atoms with Crippen molar-refractivity contribution >= 4 is 11.8 Å². The first-order valence-corrected chi connectivity index (χ1v) is 4.59. The fourth-order valence-corrected chi connectivity index (χ4v) is 0.804. The van der Waals surface area contributed by atoms with Crippen LogP contribution in [-0.2, 0) is 14.3 Å². The number of hydrogen-bond donors (Lipinski definition) is 2. The van der Waals surface area contributed by atoms with Crippen LogP contribution in [-0.4, -0.2) is 25.0 Å². The van der Waals surface area contributed by atoms with E-state index in [4.69, 9.17) is 4.74 Å². The van der Waals surface area contributed by atoms with Crippen LogP contribution in [0.1, 0.15) is 12.8 Å². The maximum Gasteiger partial charge on any atom is 0.226 e. The molecule has 0 aliphatic carbocycles. The number of hydrogen-bond acceptors (Lipinski definition) is 3. The van der Waals surface area contributed by atoms with Gasteiger partial charge in [-0.25, -0.2) is 0 Å². The first-order chi connectivity index (χ1) is 7.20. The second-order valence-electron chi connectivity index (χ2n) is 2.66. The van der Waals surface area contributed by atoms with E-state index in [0.29, 0.717) is 13.2 Å². The minimum absolute atomic E-state index is 0.152. The Morgan fingerprint density at radius 3 is 1.73 bits per heavy atom. The Hall–Kier alpha value is -1.62. The molecule has 0 spiro atoms. The van der Waals surface area contributed by atoms with Gasteiger partial charge in [-0.1, -0.05) is 13.2 Å². The summed E-state index contributed by atoms with van der Waals surface area (Å²) >= 11 is 0. The standard InChI is InChI=1S/C10H16N2O3/c1-3-11-9(13)5-7-15-8-6-10(14)12-4-2/h3-4H,1-2,5-8H2,(H,11,13)(H,12,14). The predicted octanol–water partition coefficient (Wildman–Crippen LogP) is 0.303. The van der Waals surface area contributed by atoms with E-state index in [9.17, 15) is 9.59 Å². The molecule has 0 aromatic rings. The highest BCUT2D eigenvalue weighted by atomic mass is 16.5. The number of carbonyl (C=O) groups excluding carboxylic acids is 2. The number of rotatable bonds is 8. The van der Waals surface area contributed by atoms with Crippen molar-refractivity contribution in [1.29, 1.82) is 0 Å². The Morgan fingerprint density at radius 2 is 1.40 bits per heavy atom. The molecular formula is C10H16N2O3. The highest BCUT2D eigenvalue weighted by Crippen LogP contribution is 1.87. The van der Waals surface area contributed by atoms with Crippen molar-refractivity contribution in [2.75, 3.05) is 13.2 Å². The van der Waals surface area contributed by atoms with E-state index in [1.54, 1.807) is 0 Å². The summed E-state index contributed by atoms with van der Waals surface area (Å²) in [6, 6.07) is 0. The van der Waals surface area contributed by atoms with Crippen LogP contribution in [0.15, 0.2) is 25.6 Å². The highest BCUT2D eigenvalue weighted by Gasteiger charge is 2.00. The van der Waals surface area contributed by atoms with Crippen LogP contribution in [0.25, 0.3) is 0 Å². The number of ether oxygens (including phenoxy) is 1. The zero-order chi connectivity index (χ0) is 11.5. The molecule has 0 unspecified atom stereocenters. The summed E-state index contributed by atoms with van der Waals surface area (Å²) in [6.45, 7) is 7.29. The minimum Gasteiger partial charge on any atom is -0.380 e. The monoisotopic (exact) mass is 212 g/mol. The van der Waals surface area contributed by atoms with Crippen molar-refractivity contribution in [2.24, 2.45) is 0 Å². The van der Waals surface area contributed by atoms with Gasteiger partial charge in [-0.05, 0) is 12.4 Å². The molecule has 0 bridgehead atoms. The quantitative estimate of drug-likeness (QED) is 0.569. The van der Waals surface area contributed by atoms with Crippen LogP contribution < -0.4 is 10.6 Å². The molecule has 0 aliphatic rings.